The Bertz CT molecular complexity index is 1010. The van der Waals surface area contributed by atoms with Gasteiger partial charge in [-0.2, -0.15) is 0 Å². The van der Waals surface area contributed by atoms with E-state index < -0.39 is 0 Å². The van der Waals surface area contributed by atoms with E-state index in [0.717, 1.165) is 33.9 Å². The van der Waals surface area contributed by atoms with Crippen molar-refractivity contribution in [2.75, 3.05) is 9.80 Å². The SMILES string of the molecule is [C]1N(c2ccccc2)C(c2ccccc2)=C(c2ccccc2)N1c1ccccc1. The minimum Gasteiger partial charge on any atom is -0.307 e. The van der Waals surface area contributed by atoms with Crippen molar-refractivity contribution in [2.24, 2.45) is 0 Å². The molecule has 2 heteroatoms. The predicted octanol–water partition coefficient (Wildman–Crippen LogP) is 6.54. The summed E-state index contributed by atoms with van der Waals surface area (Å²) < 4.78 is 0. The highest BCUT2D eigenvalue weighted by Gasteiger charge is 2.34. The van der Waals surface area contributed by atoms with Crippen molar-refractivity contribution in [1.29, 1.82) is 0 Å². The van der Waals surface area contributed by atoms with Crippen LogP contribution >= 0.6 is 0 Å². The van der Waals surface area contributed by atoms with Crippen molar-refractivity contribution >= 4 is 22.8 Å². The van der Waals surface area contributed by atoms with E-state index in [0.29, 0.717) is 0 Å². The molecule has 29 heavy (non-hydrogen) atoms. The van der Waals surface area contributed by atoms with Gasteiger partial charge in [0.15, 0.2) is 0 Å². The topological polar surface area (TPSA) is 6.48 Å². The Morgan fingerprint density at radius 1 is 0.379 bits per heavy atom. The number of rotatable bonds is 4. The van der Waals surface area contributed by atoms with E-state index in [4.69, 9.17) is 0 Å². The van der Waals surface area contributed by atoms with Crippen LogP contribution in [-0.4, -0.2) is 0 Å². The molecule has 2 radical (unpaired) electrons. The van der Waals surface area contributed by atoms with Crippen LogP contribution in [0.15, 0.2) is 121 Å². The van der Waals surface area contributed by atoms with Crippen molar-refractivity contribution in [1.82, 2.24) is 0 Å². The van der Waals surface area contributed by atoms with Gasteiger partial charge in [0.25, 0.3) is 0 Å². The second-order valence-electron chi connectivity index (χ2n) is 6.87. The van der Waals surface area contributed by atoms with Gasteiger partial charge in [-0.05, 0) is 24.3 Å². The number of para-hydroxylation sites is 2. The van der Waals surface area contributed by atoms with Crippen LogP contribution in [0.25, 0.3) is 11.4 Å². The molecule has 1 aliphatic heterocycles. The fourth-order valence-corrected chi connectivity index (χ4v) is 3.66. The molecule has 5 rings (SSSR count). The molecule has 0 saturated carbocycles. The minimum absolute atomic E-state index is 1.08. The number of benzene rings is 4. The number of anilines is 2. The van der Waals surface area contributed by atoms with E-state index in [-0.39, 0.29) is 0 Å². The lowest BCUT2D eigenvalue weighted by molar-refractivity contribution is 1.12. The van der Waals surface area contributed by atoms with Crippen LogP contribution in [0.1, 0.15) is 11.1 Å². The predicted molar refractivity (Wildman–Crippen MR) is 121 cm³/mol. The summed E-state index contributed by atoms with van der Waals surface area (Å²) in [7, 11) is 0. The maximum atomic E-state index is 3.61. The quantitative estimate of drug-likeness (QED) is 0.401. The Labute approximate surface area is 172 Å². The first-order valence-electron chi connectivity index (χ1n) is 9.73. The largest absolute Gasteiger partial charge is 0.307 e. The second kappa shape index (κ2) is 7.69. The van der Waals surface area contributed by atoms with Crippen LogP contribution in [0.4, 0.5) is 11.4 Å². The maximum Gasteiger partial charge on any atom is 0.218 e. The third-order valence-electron chi connectivity index (χ3n) is 4.99. The zero-order valence-electron chi connectivity index (χ0n) is 15.9. The molecule has 0 unspecified atom stereocenters. The molecule has 2 nitrogen and oxygen atoms in total. The number of hydrogen-bond donors (Lipinski definition) is 0. The van der Waals surface area contributed by atoms with Gasteiger partial charge in [0, 0.05) is 22.5 Å². The molecular formula is C27H20N2. The normalized spacial score (nSPS) is 13.8. The van der Waals surface area contributed by atoms with Gasteiger partial charge in [-0.25, -0.2) is 0 Å². The number of hydrogen-bond acceptors (Lipinski definition) is 2. The standard InChI is InChI=1S/C27H20N2/c1-5-13-22(14-6-1)26-27(23-15-7-2-8-16-23)29(25-19-11-4-12-20-25)21-28(26)24-17-9-3-10-18-24/h1-20H. The Hall–Kier alpha value is -3.78. The van der Waals surface area contributed by atoms with Crippen LogP contribution in [0.3, 0.4) is 0 Å². The molecule has 0 aliphatic carbocycles. The third-order valence-corrected chi connectivity index (χ3v) is 4.99. The van der Waals surface area contributed by atoms with Gasteiger partial charge < -0.3 is 9.80 Å². The summed E-state index contributed by atoms with van der Waals surface area (Å²) in [6.45, 7) is 3.61. The summed E-state index contributed by atoms with van der Waals surface area (Å²) in [6, 6.07) is 41.9. The maximum absolute atomic E-state index is 3.61. The molecule has 0 fully saturated rings. The monoisotopic (exact) mass is 372 g/mol. The lowest BCUT2D eigenvalue weighted by atomic mass is 10.0. The molecule has 0 spiro atoms. The third kappa shape index (κ3) is 3.30. The molecule has 0 saturated heterocycles. The Morgan fingerprint density at radius 2 is 0.690 bits per heavy atom. The minimum atomic E-state index is 1.08. The van der Waals surface area contributed by atoms with Crippen molar-refractivity contribution in [2.45, 2.75) is 0 Å². The van der Waals surface area contributed by atoms with Crippen molar-refractivity contribution in [3.63, 3.8) is 0 Å². The Morgan fingerprint density at radius 3 is 1.03 bits per heavy atom. The molecular weight excluding hydrogens is 352 g/mol. The summed E-state index contributed by atoms with van der Waals surface area (Å²) in [6.07, 6.45) is 0. The van der Waals surface area contributed by atoms with Crippen LogP contribution in [0, 0.1) is 6.67 Å². The van der Waals surface area contributed by atoms with E-state index in [2.05, 4.69) is 126 Å². The first-order chi connectivity index (χ1) is 14.4. The van der Waals surface area contributed by atoms with E-state index in [1.165, 1.54) is 0 Å². The van der Waals surface area contributed by atoms with E-state index in [1.807, 2.05) is 12.1 Å². The summed E-state index contributed by atoms with van der Waals surface area (Å²) in [5.74, 6) is 0. The lowest BCUT2D eigenvalue weighted by Crippen LogP contribution is -2.21. The molecule has 0 bridgehead atoms. The highest BCUT2D eigenvalue weighted by atomic mass is 15.4. The lowest BCUT2D eigenvalue weighted by Gasteiger charge is -2.22. The summed E-state index contributed by atoms with van der Waals surface area (Å²) in [5, 5.41) is 0. The molecule has 1 heterocycles. The van der Waals surface area contributed by atoms with Gasteiger partial charge >= 0.3 is 0 Å². The zero-order chi connectivity index (χ0) is 19.5. The van der Waals surface area contributed by atoms with E-state index in [1.54, 1.807) is 0 Å². The molecule has 138 valence electrons. The van der Waals surface area contributed by atoms with Crippen LogP contribution in [0.2, 0.25) is 0 Å². The summed E-state index contributed by atoms with van der Waals surface area (Å²) in [4.78, 5) is 4.31. The van der Waals surface area contributed by atoms with Gasteiger partial charge in [-0.1, -0.05) is 97.1 Å². The van der Waals surface area contributed by atoms with Gasteiger partial charge in [-0.3, -0.25) is 0 Å². The van der Waals surface area contributed by atoms with Gasteiger partial charge in [0.05, 0.1) is 11.4 Å². The first-order valence-corrected chi connectivity index (χ1v) is 9.73. The molecule has 0 N–H and O–H groups in total. The summed E-state index contributed by atoms with van der Waals surface area (Å²) in [5.41, 5.74) is 6.71. The van der Waals surface area contributed by atoms with Crippen molar-refractivity contribution in [3.8, 4) is 0 Å². The Kier molecular flexibility index (Phi) is 4.59. The van der Waals surface area contributed by atoms with Gasteiger partial charge in [0.1, 0.15) is 0 Å². The van der Waals surface area contributed by atoms with Crippen LogP contribution in [-0.2, 0) is 0 Å². The highest BCUT2D eigenvalue weighted by molar-refractivity contribution is 6.07. The van der Waals surface area contributed by atoms with E-state index >= 15 is 0 Å². The highest BCUT2D eigenvalue weighted by Crippen LogP contribution is 2.44. The molecule has 4 aromatic carbocycles. The Balaban J connectivity index is 1.77. The van der Waals surface area contributed by atoms with E-state index in [9.17, 15) is 0 Å². The fraction of sp³-hybridized carbons (Fsp3) is 0. The summed E-state index contributed by atoms with van der Waals surface area (Å²) >= 11 is 0. The fourth-order valence-electron chi connectivity index (χ4n) is 3.66. The van der Waals surface area contributed by atoms with Crippen molar-refractivity contribution < 1.29 is 0 Å². The first kappa shape index (κ1) is 17.3. The number of nitrogens with zero attached hydrogens (tertiary/aromatic N) is 2. The smallest absolute Gasteiger partial charge is 0.218 e. The molecule has 4 aromatic rings. The molecule has 0 atom stereocenters. The van der Waals surface area contributed by atoms with Gasteiger partial charge in [0.2, 0.25) is 6.67 Å². The molecule has 0 aromatic heterocycles. The average molecular weight is 372 g/mol. The average Bonchev–Trinajstić information content (AvgIpc) is 3.22. The van der Waals surface area contributed by atoms with Crippen LogP contribution < -0.4 is 9.80 Å². The molecule has 0 amide bonds. The van der Waals surface area contributed by atoms with Crippen molar-refractivity contribution in [3.05, 3.63) is 139 Å². The zero-order valence-corrected chi connectivity index (χ0v) is 15.9. The second-order valence-corrected chi connectivity index (χ2v) is 6.87. The van der Waals surface area contributed by atoms with Crippen LogP contribution in [0.5, 0.6) is 0 Å². The molecule has 1 aliphatic rings. The van der Waals surface area contributed by atoms with Gasteiger partial charge in [-0.15, -0.1) is 0 Å².